The number of rotatable bonds is 9. The molecule has 21 nitrogen and oxygen atoms in total. The third-order valence-electron chi connectivity index (χ3n) is 6.48. The smallest absolute Gasteiger partial charge is 0.499 e. The van der Waals surface area contributed by atoms with Gasteiger partial charge in [-0.2, -0.15) is 19.3 Å². The molecule has 0 amide bonds. The van der Waals surface area contributed by atoms with Gasteiger partial charge in [0.05, 0.1) is 13.2 Å². The number of thiol groups is 2. The second-order valence-electron chi connectivity index (χ2n) is 9.48. The van der Waals surface area contributed by atoms with Crippen LogP contribution in [0.4, 0.5) is 23.3 Å². The first kappa shape index (κ1) is 32.9. The number of hydrogen-bond donors (Lipinski definition) is 10. The Morgan fingerprint density at radius 2 is 1.70 bits per heavy atom. The number of nitrogen functional groups attached to an aromatic ring is 2. The van der Waals surface area contributed by atoms with Gasteiger partial charge >= 0.3 is 5.69 Å². The zero-order valence-electron chi connectivity index (χ0n) is 21.8. The minimum absolute atomic E-state index is 0.00828. The number of anilines is 4. The van der Waals surface area contributed by atoms with Gasteiger partial charge in [0.2, 0.25) is 12.2 Å². The van der Waals surface area contributed by atoms with E-state index in [2.05, 4.69) is 59.7 Å². The number of hydrogen-bond acceptors (Lipinski definition) is 20. The van der Waals surface area contributed by atoms with Gasteiger partial charge in [-0.05, 0) is 0 Å². The molecular formula is C19H25N8O13P2S2-. The van der Waals surface area contributed by atoms with Crippen molar-refractivity contribution >= 4 is 64.2 Å². The Morgan fingerprint density at radius 1 is 1.02 bits per heavy atom. The van der Waals surface area contributed by atoms with E-state index in [1.54, 1.807) is 0 Å². The van der Waals surface area contributed by atoms with E-state index in [-0.39, 0.29) is 33.1 Å². The van der Waals surface area contributed by atoms with Crippen LogP contribution in [0.1, 0.15) is 6.23 Å². The Hall–Kier alpha value is -2.50. The summed E-state index contributed by atoms with van der Waals surface area (Å²) < 4.78 is 50.0. The number of phosphoric ester groups is 2. The normalized spacial score (nSPS) is 30.8. The maximum atomic E-state index is 12.4. The molecule has 10 N–H and O–H groups in total. The van der Waals surface area contributed by atoms with Gasteiger partial charge in [-0.3, -0.25) is 18.9 Å². The highest BCUT2D eigenvalue weighted by atomic mass is 32.1. The van der Waals surface area contributed by atoms with E-state index in [1.165, 1.54) is 6.07 Å². The summed E-state index contributed by atoms with van der Waals surface area (Å²) in [5, 5.41) is 26.2. The van der Waals surface area contributed by atoms with E-state index in [9.17, 15) is 38.7 Å². The number of fused-ring (bicyclic) bond motifs is 2. The molecule has 2 aromatic rings. The van der Waals surface area contributed by atoms with Crippen molar-refractivity contribution < 1.29 is 56.5 Å². The summed E-state index contributed by atoms with van der Waals surface area (Å²) in [4.78, 5) is 57.8. The lowest BCUT2D eigenvalue weighted by atomic mass is 10.1. The van der Waals surface area contributed by atoms with Crippen LogP contribution in [-0.4, -0.2) is 75.1 Å². The molecule has 2 aromatic heterocycles. The van der Waals surface area contributed by atoms with Crippen LogP contribution in [0.25, 0.3) is 0 Å². The number of aromatic amines is 2. The number of phosphoric acid groups is 2. The van der Waals surface area contributed by atoms with E-state index in [0.717, 1.165) is 10.8 Å². The Bertz CT molecular complexity index is 1690. The lowest BCUT2D eigenvalue weighted by Crippen LogP contribution is -2.58. The van der Waals surface area contributed by atoms with E-state index in [0.29, 0.717) is 0 Å². The molecule has 0 aliphatic carbocycles. The number of aliphatic hydroxyl groups is 2. The Morgan fingerprint density at radius 3 is 2.39 bits per heavy atom. The fourth-order valence-electron chi connectivity index (χ4n) is 4.43. The molecule has 1 fully saturated rings. The van der Waals surface area contributed by atoms with E-state index >= 15 is 0 Å². The molecule has 0 bridgehead atoms. The third kappa shape index (κ3) is 6.84. The molecule has 44 heavy (non-hydrogen) atoms. The quantitative estimate of drug-likeness (QED) is 0.0682. The van der Waals surface area contributed by atoms with Crippen LogP contribution in [0.2, 0.25) is 0 Å². The summed E-state index contributed by atoms with van der Waals surface area (Å²) in [7, 11) is -11.3. The van der Waals surface area contributed by atoms with Crippen LogP contribution in [0.3, 0.4) is 0 Å². The van der Waals surface area contributed by atoms with Crippen LogP contribution in [0.5, 0.6) is 0 Å². The van der Waals surface area contributed by atoms with E-state index < -0.39 is 83.0 Å². The predicted octanol–water partition coefficient (Wildman–Crippen LogP) is -3.78. The van der Waals surface area contributed by atoms with Crippen molar-refractivity contribution in [3.8, 4) is 0 Å². The van der Waals surface area contributed by atoms with Crippen molar-refractivity contribution in [2.24, 2.45) is 0 Å². The molecule has 0 saturated carbocycles. The highest BCUT2D eigenvalue weighted by Gasteiger charge is 2.47. The van der Waals surface area contributed by atoms with E-state index in [1.807, 2.05) is 0 Å². The van der Waals surface area contributed by atoms with Crippen LogP contribution in [0.15, 0.2) is 31.7 Å². The van der Waals surface area contributed by atoms with Crippen molar-refractivity contribution in [2.45, 2.75) is 42.9 Å². The number of nitrogens with one attached hydrogen (secondary N) is 4. The largest absolute Gasteiger partial charge is 0.756 e. The topological polar surface area (TPSA) is 325 Å². The molecule has 5 heterocycles. The van der Waals surface area contributed by atoms with Gasteiger partial charge in [0.25, 0.3) is 21.2 Å². The van der Waals surface area contributed by atoms with Gasteiger partial charge in [0.1, 0.15) is 42.3 Å². The molecule has 0 aromatic carbocycles. The number of aliphatic hydroxyl groups excluding tert-OH is 2. The maximum Gasteiger partial charge on any atom is 0.499 e. The monoisotopic (exact) mass is 699 g/mol. The van der Waals surface area contributed by atoms with Crippen molar-refractivity contribution in [2.75, 3.05) is 35.3 Å². The SMILES string of the molecule is Nc1cc[n+]([C@@H]2O[C@H](COP(=O)([O-])OP(=O)([O-])OCC3OC4Nc5nc(N)[nH]c(=O)c5NC4C(S)=C3S)C(O)C2O)c(=O)[nH]1. The minimum atomic E-state index is -5.66. The van der Waals surface area contributed by atoms with Gasteiger partial charge in [0, 0.05) is 15.9 Å². The Labute approximate surface area is 256 Å². The van der Waals surface area contributed by atoms with Gasteiger partial charge in [-0.15, -0.1) is 25.3 Å². The number of nitrogens with zero attached hydrogens (tertiary/aromatic N) is 2. The third-order valence-corrected chi connectivity index (χ3v) is 10.2. The summed E-state index contributed by atoms with van der Waals surface area (Å²) in [6.07, 6.45) is -7.46. The fraction of sp³-hybridized carbons (Fsp3) is 0.474. The molecule has 242 valence electrons. The standard InChI is InChI=1S/C19H26N8O13P2S2/c20-7-1-2-27(19(31)22-7)17-11(29)10(28)5(39-17)3-36-41(32,33)40-42(34,35)37-4-6-12(43)13(44)8-16(38-6)24-14-9(23-8)15(30)26-18(21)25-14/h1-2,5-6,8,10-11,16-17,23,28-29H,3-4H2,(H10,20,21,22,24,25,26,30,31,32,33,34,35,43,44)/p-1/t5-,6?,8?,10?,11?,16?,17-/m1/s1. The number of H-pyrrole nitrogens is 2. The van der Waals surface area contributed by atoms with Crippen molar-refractivity contribution in [1.82, 2.24) is 15.0 Å². The van der Waals surface area contributed by atoms with E-state index in [4.69, 9.17) is 25.5 Å². The summed E-state index contributed by atoms with van der Waals surface area (Å²) in [6, 6.07) is 0.520. The summed E-state index contributed by atoms with van der Waals surface area (Å²) in [5.74, 6) is -0.121. The summed E-state index contributed by atoms with van der Waals surface area (Å²) in [5.41, 5.74) is 9.71. The van der Waals surface area contributed by atoms with Crippen molar-refractivity contribution in [1.29, 1.82) is 0 Å². The van der Waals surface area contributed by atoms with Gasteiger partial charge in [-0.1, -0.05) is 0 Å². The van der Waals surface area contributed by atoms with Crippen molar-refractivity contribution in [3.05, 3.63) is 42.9 Å². The average Bonchev–Trinajstić information content (AvgIpc) is 3.20. The second kappa shape index (κ2) is 12.4. The molecule has 0 radical (unpaired) electrons. The highest BCUT2D eigenvalue weighted by Crippen LogP contribution is 2.56. The molecule has 0 spiro atoms. The molecule has 3 aliphatic rings. The molecule has 7 unspecified atom stereocenters. The molecule has 25 heteroatoms. The highest BCUT2D eigenvalue weighted by molar-refractivity contribution is 7.88. The maximum absolute atomic E-state index is 12.4. The number of ether oxygens (including phenoxy) is 2. The summed E-state index contributed by atoms with van der Waals surface area (Å²) >= 11 is 8.67. The second-order valence-corrected chi connectivity index (χ2v) is 13.4. The zero-order valence-corrected chi connectivity index (χ0v) is 25.4. The molecule has 9 atom stereocenters. The average molecular weight is 700 g/mol. The van der Waals surface area contributed by atoms with Crippen LogP contribution >= 0.6 is 40.9 Å². The zero-order chi connectivity index (χ0) is 32.1. The van der Waals surface area contributed by atoms with Crippen LogP contribution < -0.4 is 47.7 Å². The Kier molecular flexibility index (Phi) is 9.24. The van der Waals surface area contributed by atoms with Gasteiger partial charge in [-0.25, -0.2) is 4.31 Å². The van der Waals surface area contributed by atoms with Crippen LogP contribution in [-0.2, 0) is 32.0 Å². The lowest BCUT2D eigenvalue weighted by molar-refractivity contribution is -0.779. The molecule has 5 rings (SSSR count). The predicted molar refractivity (Wildman–Crippen MR) is 150 cm³/mol. The van der Waals surface area contributed by atoms with Gasteiger partial charge < -0.3 is 60.6 Å². The number of aromatic nitrogens is 4. The first-order valence-electron chi connectivity index (χ1n) is 12.3. The first-order chi connectivity index (χ1) is 20.5. The molecular weight excluding hydrogens is 674 g/mol. The molecule has 1 saturated heterocycles. The van der Waals surface area contributed by atoms with Gasteiger partial charge in [0.15, 0.2) is 17.9 Å². The van der Waals surface area contributed by atoms with Crippen LogP contribution in [0, 0.1) is 0 Å². The minimum Gasteiger partial charge on any atom is -0.756 e. The number of nitrogens with two attached hydrogens (primary N) is 2. The lowest BCUT2D eigenvalue weighted by Gasteiger charge is -2.41. The summed E-state index contributed by atoms with van der Waals surface area (Å²) in [6.45, 7) is -1.83. The van der Waals surface area contributed by atoms with Crippen molar-refractivity contribution in [3.63, 3.8) is 0 Å². The fourth-order valence-corrected chi connectivity index (χ4v) is 7.06. The first-order valence-corrected chi connectivity index (χ1v) is 16.1. The Balaban J connectivity index is 1.18. The molecule has 3 aliphatic heterocycles.